The maximum atomic E-state index is 10.5. The van der Waals surface area contributed by atoms with Gasteiger partial charge in [-0.1, -0.05) is 19.8 Å². The highest BCUT2D eigenvalue weighted by molar-refractivity contribution is 5.25. The summed E-state index contributed by atoms with van der Waals surface area (Å²) in [7, 11) is 0. The van der Waals surface area contributed by atoms with Crippen LogP contribution in [0.4, 0.5) is 0 Å². The molecule has 1 aromatic rings. The van der Waals surface area contributed by atoms with E-state index in [1.54, 1.807) is 12.3 Å². The summed E-state index contributed by atoms with van der Waals surface area (Å²) < 4.78 is 0. The Balaban J connectivity index is 1.84. The molecule has 1 saturated carbocycles. The van der Waals surface area contributed by atoms with Gasteiger partial charge < -0.3 is 10.4 Å². The summed E-state index contributed by atoms with van der Waals surface area (Å²) in [6.07, 6.45) is 5.72. The fraction of sp³-hybridized carbons (Fsp3) is 0.600. The highest BCUT2D eigenvalue weighted by atomic mass is 16.3. The van der Waals surface area contributed by atoms with Crippen LogP contribution in [0.15, 0.2) is 18.3 Å². The fourth-order valence-electron chi connectivity index (χ4n) is 2.88. The molecule has 1 heterocycles. The van der Waals surface area contributed by atoms with Gasteiger partial charge >= 0.3 is 0 Å². The zero-order chi connectivity index (χ0) is 13.7. The summed E-state index contributed by atoms with van der Waals surface area (Å²) in [4.78, 5) is 3.94. The van der Waals surface area contributed by atoms with Crippen molar-refractivity contribution >= 4 is 0 Å². The predicted octanol–water partition coefficient (Wildman–Crippen LogP) is 1.98. The van der Waals surface area contributed by atoms with Crippen LogP contribution in [0, 0.1) is 17.2 Å². The number of nitrogens with one attached hydrogen (secondary N) is 1. The van der Waals surface area contributed by atoms with Gasteiger partial charge in [-0.2, -0.15) is 5.26 Å². The third kappa shape index (κ3) is 4.02. The number of aromatic nitrogens is 1. The molecule has 2 N–H and O–H groups in total. The van der Waals surface area contributed by atoms with Crippen molar-refractivity contribution in [2.24, 2.45) is 5.92 Å². The van der Waals surface area contributed by atoms with E-state index in [0.29, 0.717) is 24.7 Å². The van der Waals surface area contributed by atoms with E-state index in [2.05, 4.69) is 17.2 Å². The van der Waals surface area contributed by atoms with Gasteiger partial charge in [0, 0.05) is 19.3 Å². The zero-order valence-corrected chi connectivity index (χ0v) is 11.4. The summed E-state index contributed by atoms with van der Waals surface area (Å²) in [6, 6.07) is 5.70. The van der Waals surface area contributed by atoms with E-state index < -0.39 is 5.60 Å². The second-order valence-corrected chi connectivity index (χ2v) is 5.69. The Bertz CT molecular complexity index is 469. The molecule has 2 unspecified atom stereocenters. The first kappa shape index (κ1) is 14.0. The van der Waals surface area contributed by atoms with Crippen LogP contribution in [0.1, 0.15) is 43.9 Å². The minimum absolute atomic E-state index is 0.435. The molecular weight excluding hydrogens is 238 g/mol. The van der Waals surface area contributed by atoms with Crippen molar-refractivity contribution in [1.82, 2.24) is 10.3 Å². The monoisotopic (exact) mass is 259 g/mol. The van der Waals surface area contributed by atoms with E-state index in [4.69, 9.17) is 5.26 Å². The molecule has 0 bridgehead atoms. The summed E-state index contributed by atoms with van der Waals surface area (Å²) in [5, 5.41) is 22.6. The molecule has 1 aliphatic carbocycles. The Morgan fingerprint density at radius 3 is 3.21 bits per heavy atom. The van der Waals surface area contributed by atoms with E-state index in [1.807, 2.05) is 12.1 Å². The highest BCUT2D eigenvalue weighted by Crippen LogP contribution is 2.31. The van der Waals surface area contributed by atoms with E-state index in [1.165, 1.54) is 6.42 Å². The third-order valence-electron chi connectivity index (χ3n) is 3.79. The Kier molecular flexibility index (Phi) is 4.52. The van der Waals surface area contributed by atoms with Gasteiger partial charge in [-0.05, 0) is 36.5 Å². The number of pyridine rings is 1. The predicted molar refractivity (Wildman–Crippen MR) is 73.2 cm³/mol. The minimum Gasteiger partial charge on any atom is -0.389 e. The van der Waals surface area contributed by atoms with Crippen LogP contribution in [-0.2, 0) is 6.54 Å². The number of rotatable bonds is 4. The molecule has 0 saturated heterocycles. The van der Waals surface area contributed by atoms with Crippen molar-refractivity contribution in [3.63, 3.8) is 0 Å². The van der Waals surface area contributed by atoms with E-state index >= 15 is 0 Å². The standard InChI is InChI=1S/C15H21N3O/c1-12-3-2-5-15(19,8-12)11-17-10-13-4-6-18-14(7-13)9-16/h4,6-7,12,17,19H,2-3,5,8,10-11H2,1H3. The van der Waals surface area contributed by atoms with Crippen LogP contribution in [0.2, 0.25) is 0 Å². The topological polar surface area (TPSA) is 68.9 Å². The lowest BCUT2D eigenvalue weighted by atomic mass is 9.79. The number of nitriles is 1. The summed E-state index contributed by atoms with van der Waals surface area (Å²) in [5.41, 5.74) is 0.895. The molecule has 0 amide bonds. The second-order valence-electron chi connectivity index (χ2n) is 5.69. The van der Waals surface area contributed by atoms with Crippen molar-refractivity contribution < 1.29 is 5.11 Å². The molecule has 102 valence electrons. The maximum absolute atomic E-state index is 10.5. The molecular formula is C15H21N3O. The number of nitrogens with zero attached hydrogens (tertiary/aromatic N) is 2. The fourth-order valence-corrected chi connectivity index (χ4v) is 2.88. The smallest absolute Gasteiger partial charge is 0.140 e. The molecule has 0 aromatic carbocycles. The van der Waals surface area contributed by atoms with Gasteiger partial charge in [-0.25, -0.2) is 4.98 Å². The first-order valence-electron chi connectivity index (χ1n) is 6.89. The zero-order valence-electron chi connectivity index (χ0n) is 11.4. The van der Waals surface area contributed by atoms with Crippen molar-refractivity contribution in [3.8, 4) is 6.07 Å². The summed E-state index contributed by atoms with van der Waals surface area (Å²) in [5.74, 6) is 0.603. The van der Waals surface area contributed by atoms with Gasteiger partial charge in [0.2, 0.25) is 0 Å². The third-order valence-corrected chi connectivity index (χ3v) is 3.79. The van der Waals surface area contributed by atoms with Gasteiger partial charge in [0.25, 0.3) is 0 Å². The summed E-state index contributed by atoms with van der Waals surface area (Å²) >= 11 is 0. The normalized spacial score (nSPS) is 26.9. The molecule has 19 heavy (non-hydrogen) atoms. The van der Waals surface area contributed by atoms with Crippen LogP contribution in [-0.4, -0.2) is 22.2 Å². The largest absolute Gasteiger partial charge is 0.389 e. The van der Waals surface area contributed by atoms with Gasteiger partial charge in [0.15, 0.2) is 0 Å². The molecule has 0 aliphatic heterocycles. The highest BCUT2D eigenvalue weighted by Gasteiger charge is 2.31. The molecule has 1 fully saturated rings. The second kappa shape index (κ2) is 6.14. The molecule has 4 nitrogen and oxygen atoms in total. The van der Waals surface area contributed by atoms with Gasteiger partial charge in [0.05, 0.1) is 5.60 Å². The Labute approximate surface area is 114 Å². The van der Waals surface area contributed by atoms with E-state index in [0.717, 1.165) is 24.8 Å². The Morgan fingerprint density at radius 1 is 1.63 bits per heavy atom. The van der Waals surface area contributed by atoms with Crippen molar-refractivity contribution in [3.05, 3.63) is 29.6 Å². The van der Waals surface area contributed by atoms with Crippen molar-refractivity contribution in [2.75, 3.05) is 6.54 Å². The Hall–Kier alpha value is -1.44. The molecule has 1 aromatic heterocycles. The minimum atomic E-state index is -0.567. The number of aliphatic hydroxyl groups is 1. The average molecular weight is 259 g/mol. The van der Waals surface area contributed by atoms with Crippen LogP contribution < -0.4 is 5.32 Å². The lowest BCUT2D eigenvalue weighted by Crippen LogP contribution is -2.43. The van der Waals surface area contributed by atoms with Gasteiger partial charge in [-0.15, -0.1) is 0 Å². The van der Waals surface area contributed by atoms with Gasteiger partial charge in [-0.3, -0.25) is 0 Å². The lowest BCUT2D eigenvalue weighted by molar-refractivity contribution is -0.0119. The maximum Gasteiger partial charge on any atom is 0.140 e. The van der Waals surface area contributed by atoms with Crippen LogP contribution in [0.5, 0.6) is 0 Å². The van der Waals surface area contributed by atoms with Crippen LogP contribution >= 0.6 is 0 Å². The quantitative estimate of drug-likeness (QED) is 0.867. The first-order chi connectivity index (χ1) is 9.11. The first-order valence-corrected chi connectivity index (χ1v) is 6.89. The SMILES string of the molecule is CC1CCCC(O)(CNCc2ccnc(C#N)c2)C1. The van der Waals surface area contributed by atoms with Crippen LogP contribution in [0.3, 0.4) is 0 Å². The summed E-state index contributed by atoms with van der Waals surface area (Å²) in [6.45, 7) is 3.47. The Morgan fingerprint density at radius 2 is 2.47 bits per heavy atom. The molecule has 0 spiro atoms. The van der Waals surface area contributed by atoms with E-state index in [-0.39, 0.29) is 0 Å². The van der Waals surface area contributed by atoms with Gasteiger partial charge in [0.1, 0.15) is 11.8 Å². The molecule has 2 rings (SSSR count). The van der Waals surface area contributed by atoms with Crippen LogP contribution in [0.25, 0.3) is 0 Å². The molecule has 0 radical (unpaired) electrons. The molecule has 1 aliphatic rings. The van der Waals surface area contributed by atoms with Crippen molar-refractivity contribution in [1.29, 1.82) is 5.26 Å². The van der Waals surface area contributed by atoms with E-state index in [9.17, 15) is 5.11 Å². The average Bonchev–Trinajstić information content (AvgIpc) is 2.38. The number of hydrogen-bond donors (Lipinski definition) is 2. The van der Waals surface area contributed by atoms with Crippen molar-refractivity contribution in [2.45, 2.75) is 44.8 Å². The molecule has 4 heteroatoms. The lowest BCUT2D eigenvalue weighted by Gasteiger charge is -2.35. The molecule has 2 atom stereocenters. The number of hydrogen-bond acceptors (Lipinski definition) is 4.